The molecule has 15 heavy (non-hydrogen) atoms. The first-order valence-electron chi connectivity index (χ1n) is 6.47. The fraction of sp³-hybridized carbons (Fsp3) is 1.00. The molecule has 0 spiro atoms. The molecular weight excluding hydrogens is 186 g/mol. The summed E-state index contributed by atoms with van der Waals surface area (Å²) in [4.78, 5) is 0. The molecule has 0 aromatic heterocycles. The Hall–Kier alpha value is -0.0800. The number of hydrogen-bond donors (Lipinski definition) is 1. The summed E-state index contributed by atoms with van der Waals surface area (Å²) in [6.07, 6.45) is 5.39. The smallest absolute Gasteiger partial charge is 0.0468 e. The van der Waals surface area contributed by atoms with Gasteiger partial charge in [0.15, 0.2) is 0 Å². The van der Waals surface area contributed by atoms with Crippen molar-refractivity contribution in [1.29, 1.82) is 0 Å². The van der Waals surface area contributed by atoms with E-state index in [2.05, 4.69) is 19.2 Å². The molecule has 1 heterocycles. The maximum Gasteiger partial charge on any atom is 0.0468 e. The Balaban J connectivity index is 1.70. The molecule has 2 heteroatoms. The van der Waals surface area contributed by atoms with Crippen LogP contribution in [0.1, 0.15) is 39.5 Å². The van der Waals surface area contributed by atoms with Crippen LogP contribution < -0.4 is 5.32 Å². The molecule has 0 unspecified atom stereocenters. The molecule has 0 aromatic carbocycles. The largest absolute Gasteiger partial charge is 0.381 e. The van der Waals surface area contributed by atoms with Crippen LogP contribution in [0, 0.1) is 17.3 Å². The second-order valence-corrected chi connectivity index (χ2v) is 5.95. The maximum absolute atomic E-state index is 5.43. The summed E-state index contributed by atoms with van der Waals surface area (Å²) in [5.74, 6) is 1.84. The molecule has 2 nitrogen and oxygen atoms in total. The summed E-state index contributed by atoms with van der Waals surface area (Å²) in [5.41, 5.74) is 0.443. The Morgan fingerprint density at radius 1 is 1.13 bits per heavy atom. The molecule has 0 aromatic rings. The summed E-state index contributed by atoms with van der Waals surface area (Å²) in [7, 11) is 0. The van der Waals surface area contributed by atoms with Crippen LogP contribution in [0.15, 0.2) is 0 Å². The Morgan fingerprint density at radius 2 is 1.80 bits per heavy atom. The van der Waals surface area contributed by atoms with Crippen LogP contribution in [-0.2, 0) is 4.74 Å². The van der Waals surface area contributed by atoms with Crippen molar-refractivity contribution < 1.29 is 4.74 Å². The van der Waals surface area contributed by atoms with E-state index in [0.29, 0.717) is 5.41 Å². The average molecular weight is 211 g/mol. The molecule has 0 amide bonds. The van der Waals surface area contributed by atoms with Gasteiger partial charge in [-0.25, -0.2) is 0 Å². The molecular formula is C13H25NO. The van der Waals surface area contributed by atoms with E-state index < -0.39 is 0 Å². The van der Waals surface area contributed by atoms with Gasteiger partial charge < -0.3 is 10.1 Å². The zero-order valence-electron chi connectivity index (χ0n) is 10.2. The minimum Gasteiger partial charge on any atom is -0.381 e. The standard InChI is InChI=1S/C13H25NO/c1-13(2,10-14-9-11-3-4-11)12-5-7-15-8-6-12/h11-12,14H,3-10H2,1-2H3. The van der Waals surface area contributed by atoms with E-state index in [1.54, 1.807) is 0 Å². The number of hydrogen-bond acceptors (Lipinski definition) is 2. The van der Waals surface area contributed by atoms with E-state index in [4.69, 9.17) is 4.74 Å². The van der Waals surface area contributed by atoms with Crippen LogP contribution >= 0.6 is 0 Å². The van der Waals surface area contributed by atoms with E-state index >= 15 is 0 Å². The lowest BCUT2D eigenvalue weighted by Gasteiger charge is -2.37. The number of ether oxygens (including phenoxy) is 1. The highest BCUT2D eigenvalue weighted by atomic mass is 16.5. The van der Waals surface area contributed by atoms with Crippen LogP contribution in [0.2, 0.25) is 0 Å². The van der Waals surface area contributed by atoms with Crippen molar-refractivity contribution >= 4 is 0 Å². The van der Waals surface area contributed by atoms with E-state index in [0.717, 1.165) is 25.0 Å². The van der Waals surface area contributed by atoms with Gasteiger partial charge >= 0.3 is 0 Å². The summed E-state index contributed by atoms with van der Waals surface area (Å²) < 4.78 is 5.43. The van der Waals surface area contributed by atoms with E-state index in [1.165, 1.54) is 38.8 Å². The van der Waals surface area contributed by atoms with Gasteiger partial charge in [0.1, 0.15) is 0 Å². The van der Waals surface area contributed by atoms with Crippen molar-refractivity contribution in [1.82, 2.24) is 5.32 Å². The van der Waals surface area contributed by atoms with Crippen LogP contribution in [-0.4, -0.2) is 26.3 Å². The first-order chi connectivity index (χ1) is 7.18. The molecule has 2 aliphatic rings. The van der Waals surface area contributed by atoms with Crippen molar-refractivity contribution in [3.05, 3.63) is 0 Å². The molecule has 1 N–H and O–H groups in total. The highest BCUT2D eigenvalue weighted by Gasteiger charge is 2.31. The molecule has 88 valence electrons. The van der Waals surface area contributed by atoms with Crippen molar-refractivity contribution in [2.75, 3.05) is 26.3 Å². The third-order valence-electron chi connectivity index (χ3n) is 4.04. The molecule has 1 saturated carbocycles. The lowest BCUT2D eigenvalue weighted by atomic mass is 9.74. The van der Waals surface area contributed by atoms with E-state index in [1.807, 2.05) is 0 Å². The Kier molecular flexibility index (Phi) is 3.68. The highest BCUT2D eigenvalue weighted by Crippen LogP contribution is 2.34. The number of nitrogens with one attached hydrogen (secondary N) is 1. The number of rotatable bonds is 5. The average Bonchev–Trinajstić information content (AvgIpc) is 3.03. The normalized spacial score (nSPS) is 24.4. The summed E-state index contributed by atoms with van der Waals surface area (Å²) in [5, 5.41) is 3.64. The van der Waals surface area contributed by atoms with Gasteiger partial charge in [0.2, 0.25) is 0 Å². The molecule has 1 saturated heterocycles. The van der Waals surface area contributed by atoms with Crippen molar-refractivity contribution in [2.45, 2.75) is 39.5 Å². The van der Waals surface area contributed by atoms with Crippen LogP contribution in [0.5, 0.6) is 0 Å². The first-order valence-corrected chi connectivity index (χ1v) is 6.47. The Labute approximate surface area is 93.8 Å². The van der Waals surface area contributed by atoms with Gasteiger partial charge in [-0.15, -0.1) is 0 Å². The van der Waals surface area contributed by atoms with Gasteiger partial charge in [-0.1, -0.05) is 13.8 Å². The third-order valence-corrected chi connectivity index (χ3v) is 4.04. The molecule has 0 bridgehead atoms. The molecule has 1 aliphatic carbocycles. The van der Waals surface area contributed by atoms with Gasteiger partial charge in [0, 0.05) is 19.8 Å². The lowest BCUT2D eigenvalue weighted by molar-refractivity contribution is 0.0228. The van der Waals surface area contributed by atoms with Crippen LogP contribution in [0.25, 0.3) is 0 Å². The molecule has 0 atom stereocenters. The van der Waals surface area contributed by atoms with Gasteiger partial charge in [0.05, 0.1) is 0 Å². The molecule has 2 fully saturated rings. The minimum atomic E-state index is 0.443. The second-order valence-electron chi connectivity index (χ2n) is 5.95. The maximum atomic E-state index is 5.43. The van der Waals surface area contributed by atoms with Crippen LogP contribution in [0.4, 0.5) is 0 Å². The predicted octanol–water partition coefficient (Wildman–Crippen LogP) is 2.44. The SMILES string of the molecule is CC(C)(CNCC1CC1)C1CCOCC1. The summed E-state index contributed by atoms with van der Waals surface area (Å²) in [6, 6.07) is 0. The summed E-state index contributed by atoms with van der Waals surface area (Å²) in [6.45, 7) is 9.17. The van der Waals surface area contributed by atoms with Crippen molar-refractivity contribution in [2.24, 2.45) is 17.3 Å². The monoisotopic (exact) mass is 211 g/mol. The van der Waals surface area contributed by atoms with Crippen molar-refractivity contribution in [3.63, 3.8) is 0 Å². The minimum absolute atomic E-state index is 0.443. The second kappa shape index (κ2) is 4.84. The lowest BCUT2D eigenvalue weighted by Crippen LogP contribution is -2.39. The molecule has 2 rings (SSSR count). The third kappa shape index (κ3) is 3.46. The zero-order valence-corrected chi connectivity index (χ0v) is 10.2. The van der Waals surface area contributed by atoms with Gasteiger partial charge in [-0.3, -0.25) is 0 Å². The molecule has 1 aliphatic heterocycles. The summed E-state index contributed by atoms with van der Waals surface area (Å²) >= 11 is 0. The van der Waals surface area contributed by atoms with Gasteiger partial charge in [-0.2, -0.15) is 0 Å². The molecule has 0 radical (unpaired) electrons. The zero-order chi connectivity index (χ0) is 10.7. The predicted molar refractivity (Wildman–Crippen MR) is 62.9 cm³/mol. The fourth-order valence-corrected chi connectivity index (χ4v) is 2.54. The van der Waals surface area contributed by atoms with E-state index in [-0.39, 0.29) is 0 Å². The van der Waals surface area contributed by atoms with Gasteiger partial charge in [0.25, 0.3) is 0 Å². The Morgan fingerprint density at radius 3 is 2.40 bits per heavy atom. The quantitative estimate of drug-likeness (QED) is 0.754. The van der Waals surface area contributed by atoms with E-state index in [9.17, 15) is 0 Å². The van der Waals surface area contributed by atoms with Crippen molar-refractivity contribution in [3.8, 4) is 0 Å². The first kappa shape index (κ1) is 11.4. The van der Waals surface area contributed by atoms with Crippen LogP contribution in [0.3, 0.4) is 0 Å². The Bertz CT molecular complexity index is 193. The fourth-order valence-electron chi connectivity index (χ4n) is 2.54. The topological polar surface area (TPSA) is 21.3 Å². The highest BCUT2D eigenvalue weighted by molar-refractivity contribution is 4.83. The van der Waals surface area contributed by atoms with Gasteiger partial charge in [-0.05, 0) is 49.5 Å².